The van der Waals surface area contributed by atoms with E-state index in [1.807, 2.05) is 24.3 Å². The lowest BCUT2D eigenvalue weighted by molar-refractivity contribution is 0.753. The Bertz CT molecular complexity index is 607. The second kappa shape index (κ2) is 5.33. The molecule has 1 aromatic heterocycles. The molecule has 0 bridgehead atoms. The van der Waals surface area contributed by atoms with E-state index >= 15 is 0 Å². The van der Waals surface area contributed by atoms with Crippen LogP contribution in [0.2, 0.25) is 5.02 Å². The number of benzene rings is 1. The first-order valence-corrected chi connectivity index (χ1v) is 6.03. The topological polar surface area (TPSA) is 71.8 Å². The normalized spacial score (nSPS) is 12.4. The molecule has 0 radical (unpaired) electrons. The first-order valence-electron chi connectivity index (χ1n) is 5.65. The Morgan fingerprint density at radius 3 is 2.83 bits per heavy atom. The molecule has 94 valence electrons. The predicted molar refractivity (Wildman–Crippen MR) is 71.7 cm³/mol. The molecule has 0 fully saturated rings. The van der Waals surface area contributed by atoms with Crippen molar-refractivity contribution in [3.63, 3.8) is 0 Å². The summed E-state index contributed by atoms with van der Waals surface area (Å²) < 4.78 is 0. The van der Waals surface area contributed by atoms with Crippen LogP contribution in [0.25, 0.3) is 0 Å². The summed E-state index contributed by atoms with van der Waals surface area (Å²) in [5.41, 5.74) is 7.04. The summed E-state index contributed by atoms with van der Waals surface area (Å²) in [4.78, 5) is 18.5. The largest absolute Gasteiger partial charge is 0.323 e. The number of rotatable bonds is 3. The first-order chi connectivity index (χ1) is 8.56. The van der Waals surface area contributed by atoms with Crippen LogP contribution in [-0.2, 0) is 6.42 Å². The zero-order valence-corrected chi connectivity index (χ0v) is 10.7. The van der Waals surface area contributed by atoms with Crippen LogP contribution >= 0.6 is 11.6 Å². The van der Waals surface area contributed by atoms with Gasteiger partial charge in [0.25, 0.3) is 5.56 Å². The summed E-state index contributed by atoms with van der Waals surface area (Å²) in [7, 11) is 0. The monoisotopic (exact) mass is 263 g/mol. The van der Waals surface area contributed by atoms with Gasteiger partial charge in [-0.05, 0) is 18.6 Å². The van der Waals surface area contributed by atoms with E-state index in [0.29, 0.717) is 23.0 Å². The highest BCUT2D eigenvalue weighted by Gasteiger charge is 2.07. The second-order valence-electron chi connectivity index (χ2n) is 4.17. The molecule has 1 atom stereocenters. The second-order valence-corrected chi connectivity index (χ2v) is 4.58. The average Bonchev–Trinajstić information content (AvgIpc) is 2.31. The molecule has 18 heavy (non-hydrogen) atoms. The van der Waals surface area contributed by atoms with Gasteiger partial charge in [0.2, 0.25) is 0 Å². The fraction of sp³-hybridized carbons (Fsp3) is 0.231. The van der Waals surface area contributed by atoms with Crippen molar-refractivity contribution in [3.05, 3.63) is 62.8 Å². The van der Waals surface area contributed by atoms with Crippen molar-refractivity contribution in [2.24, 2.45) is 5.73 Å². The maximum atomic E-state index is 11.5. The average molecular weight is 264 g/mol. The van der Waals surface area contributed by atoms with E-state index in [0.717, 1.165) is 5.56 Å². The summed E-state index contributed by atoms with van der Waals surface area (Å²) in [5.74, 6) is 0.572. The SMILES string of the molecule is CC(N)c1cc(=O)[nH]c(Cc2ccccc2Cl)n1. The molecule has 3 N–H and O–H groups in total. The first kappa shape index (κ1) is 12.8. The van der Waals surface area contributed by atoms with Gasteiger partial charge in [-0.15, -0.1) is 0 Å². The summed E-state index contributed by atoms with van der Waals surface area (Å²) >= 11 is 6.07. The van der Waals surface area contributed by atoms with Crippen LogP contribution in [0.4, 0.5) is 0 Å². The van der Waals surface area contributed by atoms with E-state index in [1.165, 1.54) is 6.07 Å². The Hall–Kier alpha value is -1.65. The minimum Gasteiger partial charge on any atom is -0.323 e. The van der Waals surface area contributed by atoms with Crippen LogP contribution in [-0.4, -0.2) is 9.97 Å². The molecule has 1 unspecified atom stereocenters. The van der Waals surface area contributed by atoms with Gasteiger partial charge in [0.1, 0.15) is 5.82 Å². The Labute approximate surface area is 110 Å². The maximum absolute atomic E-state index is 11.5. The van der Waals surface area contributed by atoms with Crippen LogP contribution < -0.4 is 11.3 Å². The third-order valence-electron chi connectivity index (χ3n) is 2.59. The lowest BCUT2D eigenvalue weighted by Gasteiger charge is -2.07. The van der Waals surface area contributed by atoms with Crippen LogP contribution in [0, 0.1) is 0 Å². The number of hydrogen-bond acceptors (Lipinski definition) is 3. The molecule has 2 aromatic rings. The minimum atomic E-state index is -0.266. The molecule has 1 aromatic carbocycles. The molecule has 0 aliphatic heterocycles. The van der Waals surface area contributed by atoms with Crippen molar-refractivity contribution >= 4 is 11.6 Å². The summed E-state index contributed by atoms with van der Waals surface area (Å²) in [6.07, 6.45) is 0.482. The highest BCUT2D eigenvalue weighted by Crippen LogP contribution is 2.17. The van der Waals surface area contributed by atoms with Crippen molar-refractivity contribution in [1.82, 2.24) is 9.97 Å². The molecule has 0 aliphatic carbocycles. The molecule has 0 saturated carbocycles. The number of nitrogens with zero attached hydrogens (tertiary/aromatic N) is 1. The highest BCUT2D eigenvalue weighted by atomic mass is 35.5. The smallest absolute Gasteiger partial charge is 0.251 e. The molecular weight excluding hydrogens is 250 g/mol. The number of aromatic amines is 1. The van der Waals surface area contributed by atoms with E-state index in [9.17, 15) is 4.79 Å². The van der Waals surface area contributed by atoms with Crippen LogP contribution in [0.15, 0.2) is 35.1 Å². The molecule has 0 aliphatic rings. The number of nitrogens with two attached hydrogens (primary N) is 1. The van der Waals surface area contributed by atoms with Crippen molar-refractivity contribution in [3.8, 4) is 0 Å². The molecule has 2 rings (SSSR count). The van der Waals surface area contributed by atoms with Crippen molar-refractivity contribution in [2.45, 2.75) is 19.4 Å². The van der Waals surface area contributed by atoms with Crippen LogP contribution in [0.1, 0.15) is 30.0 Å². The van der Waals surface area contributed by atoms with Gasteiger partial charge in [-0.2, -0.15) is 0 Å². The van der Waals surface area contributed by atoms with Gasteiger partial charge in [-0.25, -0.2) is 4.98 Å². The maximum Gasteiger partial charge on any atom is 0.251 e. The van der Waals surface area contributed by atoms with Crippen molar-refractivity contribution in [2.75, 3.05) is 0 Å². The third-order valence-corrected chi connectivity index (χ3v) is 2.96. The van der Waals surface area contributed by atoms with Gasteiger partial charge in [0.05, 0.1) is 5.69 Å². The predicted octanol–water partition coefficient (Wildman–Crippen LogP) is 2.03. The summed E-state index contributed by atoms with van der Waals surface area (Å²) in [6.45, 7) is 1.79. The van der Waals surface area contributed by atoms with E-state index in [1.54, 1.807) is 6.92 Å². The fourth-order valence-corrected chi connectivity index (χ4v) is 1.87. The Kier molecular flexibility index (Phi) is 3.79. The van der Waals surface area contributed by atoms with E-state index in [-0.39, 0.29) is 11.6 Å². The molecule has 0 saturated heterocycles. The van der Waals surface area contributed by atoms with Gasteiger partial charge >= 0.3 is 0 Å². The Balaban J connectivity index is 2.35. The molecule has 0 amide bonds. The Morgan fingerprint density at radius 1 is 1.44 bits per heavy atom. The standard InChI is InChI=1S/C13H14ClN3O/c1-8(15)11-7-13(18)17-12(16-11)6-9-4-2-3-5-10(9)14/h2-5,7-8H,6,15H2,1H3,(H,16,17,18). The van der Waals surface area contributed by atoms with Crippen molar-refractivity contribution in [1.29, 1.82) is 0 Å². The molecular formula is C13H14ClN3O. The van der Waals surface area contributed by atoms with E-state index in [4.69, 9.17) is 17.3 Å². The molecule has 5 heteroatoms. The molecule has 4 nitrogen and oxygen atoms in total. The molecule has 0 spiro atoms. The quantitative estimate of drug-likeness (QED) is 0.890. The van der Waals surface area contributed by atoms with Gasteiger partial charge in [-0.1, -0.05) is 29.8 Å². The number of hydrogen-bond donors (Lipinski definition) is 2. The van der Waals surface area contributed by atoms with E-state index in [2.05, 4.69) is 9.97 Å². The van der Waals surface area contributed by atoms with Crippen LogP contribution in [0.5, 0.6) is 0 Å². The van der Waals surface area contributed by atoms with Crippen molar-refractivity contribution < 1.29 is 0 Å². The molecule has 1 heterocycles. The number of aromatic nitrogens is 2. The third kappa shape index (κ3) is 2.97. The number of nitrogens with one attached hydrogen (secondary N) is 1. The van der Waals surface area contributed by atoms with E-state index < -0.39 is 0 Å². The highest BCUT2D eigenvalue weighted by molar-refractivity contribution is 6.31. The van der Waals surface area contributed by atoms with Gasteiger partial charge in [0, 0.05) is 23.6 Å². The lowest BCUT2D eigenvalue weighted by atomic mass is 10.1. The van der Waals surface area contributed by atoms with Gasteiger partial charge in [-0.3, -0.25) is 4.79 Å². The van der Waals surface area contributed by atoms with Gasteiger partial charge in [0.15, 0.2) is 0 Å². The van der Waals surface area contributed by atoms with Gasteiger partial charge < -0.3 is 10.7 Å². The summed E-state index contributed by atoms with van der Waals surface area (Å²) in [5, 5.41) is 0.659. The minimum absolute atomic E-state index is 0.195. The zero-order valence-electron chi connectivity index (χ0n) is 9.98. The number of H-pyrrole nitrogens is 1. The summed E-state index contributed by atoms with van der Waals surface area (Å²) in [6, 6.07) is 8.62. The Morgan fingerprint density at radius 2 is 2.17 bits per heavy atom. The fourth-order valence-electron chi connectivity index (χ4n) is 1.67. The zero-order chi connectivity index (χ0) is 13.1. The number of halogens is 1. The van der Waals surface area contributed by atoms with Crippen LogP contribution in [0.3, 0.4) is 0 Å². The lowest BCUT2D eigenvalue weighted by Crippen LogP contribution is -2.17.